The van der Waals surface area contributed by atoms with Gasteiger partial charge in [0.2, 0.25) is 0 Å². The predicted molar refractivity (Wildman–Crippen MR) is 62.1 cm³/mol. The molecule has 0 unspecified atom stereocenters. The number of aliphatic imine (C=N–C) groups is 1. The summed E-state index contributed by atoms with van der Waals surface area (Å²) in [5.41, 5.74) is 1.24. The number of carbonyl (C=O) groups excluding carboxylic acids is 1. The van der Waals surface area contributed by atoms with E-state index in [0.717, 1.165) is 5.76 Å². The first-order chi connectivity index (χ1) is 7.65. The Labute approximate surface area is 96.0 Å². The van der Waals surface area contributed by atoms with Gasteiger partial charge in [0.15, 0.2) is 18.2 Å². The summed E-state index contributed by atoms with van der Waals surface area (Å²) in [6, 6.07) is 0. The Hall–Kier alpha value is -1.32. The number of allylic oxidation sites excluding steroid dienone is 1. The topological polar surface area (TPSA) is 41.9 Å². The van der Waals surface area contributed by atoms with E-state index in [1.807, 2.05) is 6.92 Å². The third-order valence-corrected chi connectivity index (χ3v) is 3.09. The number of likely N-dealkylation sites (N-methyl/N-ethyl adjacent to an activating group) is 1. The summed E-state index contributed by atoms with van der Waals surface area (Å²) in [5.74, 6) is 2.13. The fourth-order valence-electron chi connectivity index (χ4n) is 1.89. The van der Waals surface area contributed by atoms with Crippen LogP contribution in [0.15, 0.2) is 16.3 Å². The van der Waals surface area contributed by atoms with Gasteiger partial charge in [-0.1, -0.05) is 0 Å². The van der Waals surface area contributed by atoms with Crippen LogP contribution in [0.4, 0.5) is 0 Å². The third-order valence-electron chi connectivity index (χ3n) is 3.09. The normalized spacial score (nSPS) is 27.1. The van der Waals surface area contributed by atoms with Gasteiger partial charge in [0, 0.05) is 13.6 Å². The molecule has 0 aromatic heterocycles. The van der Waals surface area contributed by atoms with Crippen LogP contribution >= 0.6 is 0 Å². The predicted octanol–water partition coefficient (Wildman–Crippen LogP) is 1.58. The highest BCUT2D eigenvalue weighted by atomic mass is 16.5. The van der Waals surface area contributed by atoms with Crippen molar-refractivity contribution in [2.45, 2.75) is 26.7 Å². The first kappa shape index (κ1) is 11.2. The second kappa shape index (κ2) is 4.28. The highest BCUT2D eigenvalue weighted by Gasteiger charge is 2.33. The van der Waals surface area contributed by atoms with E-state index in [2.05, 4.69) is 11.9 Å². The van der Waals surface area contributed by atoms with E-state index in [4.69, 9.17) is 4.74 Å². The maximum Gasteiger partial charge on any atom is 0.265 e. The number of amides is 1. The standard InChI is InChI=1S/C12H18N2O2/c1-4-13-12-11(8(2)9-5-6-9)16-7-10(15)14(12)3/h9H,4-7H2,1-3H3/b11-8-,13-12?. The molecule has 0 radical (unpaired) electrons. The number of amidine groups is 1. The molecule has 0 spiro atoms. The molecule has 0 aromatic rings. The molecule has 88 valence electrons. The first-order valence-corrected chi connectivity index (χ1v) is 5.80. The average molecular weight is 222 g/mol. The zero-order chi connectivity index (χ0) is 11.7. The molecular formula is C12H18N2O2. The number of hydrogen-bond donors (Lipinski definition) is 0. The molecule has 0 atom stereocenters. The average Bonchev–Trinajstić information content (AvgIpc) is 3.08. The SMILES string of the molecule is CCN=C1/C(=C(\C)C2CC2)OCC(=O)N1C. The van der Waals surface area contributed by atoms with Gasteiger partial charge >= 0.3 is 0 Å². The first-order valence-electron chi connectivity index (χ1n) is 5.80. The monoisotopic (exact) mass is 222 g/mol. The summed E-state index contributed by atoms with van der Waals surface area (Å²) in [6.07, 6.45) is 2.46. The minimum Gasteiger partial charge on any atom is -0.480 e. The lowest BCUT2D eigenvalue weighted by atomic mass is 10.1. The molecule has 0 N–H and O–H groups in total. The number of ether oxygens (including phenoxy) is 1. The molecule has 4 heteroatoms. The zero-order valence-electron chi connectivity index (χ0n) is 10.1. The van der Waals surface area contributed by atoms with Gasteiger partial charge < -0.3 is 4.74 Å². The molecule has 1 heterocycles. The lowest BCUT2D eigenvalue weighted by Crippen LogP contribution is -2.43. The van der Waals surface area contributed by atoms with E-state index in [9.17, 15) is 4.79 Å². The smallest absolute Gasteiger partial charge is 0.265 e. The minimum absolute atomic E-state index is 0.0282. The van der Waals surface area contributed by atoms with Crippen molar-refractivity contribution in [2.75, 3.05) is 20.2 Å². The maximum atomic E-state index is 11.5. The summed E-state index contributed by atoms with van der Waals surface area (Å²) in [5, 5.41) is 0. The molecule has 4 nitrogen and oxygen atoms in total. The Morgan fingerprint density at radius 2 is 2.25 bits per heavy atom. The number of morpholine rings is 1. The quantitative estimate of drug-likeness (QED) is 0.711. The van der Waals surface area contributed by atoms with E-state index in [-0.39, 0.29) is 12.5 Å². The summed E-state index contributed by atoms with van der Waals surface area (Å²) in [7, 11) is 1.76. The molecule has 2 fully saturated rings. The van der Waals surface area contributed by atoms with Crippen molar-refractivity contribution in [1.29, 1.82) is 0 Å². The van der Waals surface area contributed by atoms with Gasteiger partial charge in [-0.3, -0.25) is 14.7 Å². The molecule has 1 aliphatic carbocycles. The molecule has 0 bridgehead atoms. The van der Waals surface area contributed by atoms with Gasteiger partial charge in [-0.2, -0.15) is 0 Å². The van der Waals surface area contributed by atoms with Crippen LogP contribution in [0.2, 0.25) is 0 Å². The van der Waals surface area contributed by atoms with Crippen LogP contribution in [0, 0.1) is 5.92 Å². The van der Waals surface area contributed by atoms with Crippen LogP contribution < -0.4 is 0 Å². The molecule has 1 aliphatic heterocycles. The second-order valence-electron chi connectivity index (χ2n) is 4.33. The summed E-state index contributed by atoms with van der Waals surface area (Å²) >= 11 is 0. The number of hydrogen-bond acceptors (Lipinski definition) is 3. The number of carbonyl (C=O) groups is 1. The molecule has 16 heavy (non-hydrogen) atoms. The Bertz CT molecular complexity index is 367. The van der Waals surface area contributed by atoms with Crippen molar-refractivity contribution < 1.29 is 9.53 Å². The van der Waals surface area contributed by atoms with Crippen LogP contribution in [0.1, 0.15) is 26.7 Å². The van der Waals surface area contributed by atoms with Gasteiger partial charge in [-0.15, -0.1) is 0 Å². The Kier molecular flexibility index (Phi) is 2.99. The molecular weight excluding hydrogens is 204 g/mol. The second-order valence-corrected chi connectivity index (χ2v) is 4.33. The molecule has 2 aliphatic rings. The fraction of sp³-hybridized carbons (Fsp3) is 0.667. The van der Waals surface area contributed by atoms with Crippen LogP contribution in [-0.2, 0) is 9.53 Å². The van der Waals surface area contributed by atoms with E-state index >= 15 is 0 Å². The van der Waals surface area contributed by atoms with Gasteiger partial charge in [0.1, 0.15) is 0 Å². The summed E-state index contributed by atoms with van der Waals surface area (Å²) in [4.78, 5) is 17.5. The minimum atomic E-state index is -0.0282. The van der Waals surface area contributed by atoms with Gasteiger partial charge in [0.25, 0.3) is 5.91 Å². The zero-order valence-corrected chi connectivity index (χ0v) is 10.1. The maximum absolute atomic E-state index is 11.5. The van der Waals surface area contributed by atoms with Gasteiger partial charge in [-0.05, 0) is 38.2 Å². The molecule has 1 saturated carbocycles. The van der Waals surface area contributed by atoms with Crippen LogP contribution in [0.5, 0.6) is 0 Å². The lowest BCUT2D eigenvalue weighted by molar-refractivity contribution is -0.131. The van der Waals surface area contributed by atoms with Crippen molar-refractivity contribution in [3.63, 3.8) is 0 Å². The fourth-order valence-corrected chi connectivity index (χ4v) is 1.89. The highest BCUT2D eigenvalue weighted by molar-refractivity contribution is 6.09. The van der Waals surface area contributed by atoms with Crippen LogP contribution in [-0.4, -0.2) is 36.8 Å². The van der Waals surface area contributed by atoms with Gasteiger partial charge in [0.05, 0.1) is 0 Å². The number of rotatable bonds is 2. The molecule has 2 rings (SSSR count). The van der Waals surface area contributed by atoms with E-state index in [1.165, 1.54) is 18.4 Å². The largest absolute Gasteiger partial charge is 0.480 e. The Morgan fingerprint density at radius 3 is 2.81 bits per heavy atom. The summed E-state index contributed by atoms with van der Waals surface area (Å²) < 4.78 is 5.55. The van der Waals surface area contributed by atoms with Gasteiger partial charge in [-0.25, -0.2) is 0 Å². The Balaban J connectivity index is 2.33. The summed E-state index contributed by atoms with van der Waals surface area (Å²) in [6.45, 7) is 4.85. The van der Waals surface area contributed by atoms with Crippen molar-refractivity contribution >= 4 is 11.7 Å². The molecule has 0 aromatic carbocycles. The third kappa shape index (κ3) is 1.96. The molecule has 1 amide bonds. The number of nitrogens with zero attached hydrogens (tertiary/aromatic N) is 2. The highest BCUT2D eigenvalue weighted by Crippen LogP contribution is 2.38. The van der Waals surface area contributed by atoms with Crippen LogP contribution in [0.3, 0.4) is 0 Å². The Morgan fingerprint density at radius 1 is 1.56 bits per heavy atom. The van der Waals surface area contributed by atoms with Crippen molar-refractivity contribution in [3.05, 3.63) is 11.3 Å². The van der Waals surface area contributed by atoms with E-state index in [0.29, 0.717) is 18.3 Å². The van der Waals surface area contributed by atoms with E-state index in [1.54, 1.807) is 11.9 Å². The van der Waals surface area contributed by atoms with Crippen molar-refractivity contribution in [2.24, 2.45) is 10.9 Å². The van der Waals surface area contributed by atoms with Crippen molar-refractivity contribution in [1.82, 2.24) is 4.90 Å². The van der Waals surface area contributed by atoms with Crippen LogP contribution in [0.25, 0.3) is 0 Å². The lowest BCUT2D eigenvalue weighted by Gasteiger charge is -2.28. The molecule has 1 saturated heterocycles. The van der Waals surface area contributed by atoms with E-state index < -0.39 is 0 Å². The van der Waals surface area contributed by atoms with Crippen molar-refractivity contribution in [3.8, 4) is 0 Å².